The molecule has 0 unspecified atom stereocenters. The lowest BCUT2D eigenvalue weighted by molar-refractivity contribution is -0.125. The lowest BCUT2D eigenvalue weighted by Crippen LogP contribution is -2.32. The highest BCUT2D eigenvalue weighted by Crippen LogP contribution is 2.31. The van der Waals surface area contributed by atoms with Crippen molar-refractivity contribution in [3.63, 3.8) is 0 Å². The summed E-state index contributed by atoms with van der Waals surface area (Å²) in [6.45, 7) is 2.83. The summed E-state index contributed by atoms with van der Waals surface area (Å²) in [7, 11) is 0. The molecule has 1 aromatic heterocycles. The van der Waals surface area contributed by atoms with Crippen molar-refractivity contribution < 1.29 is 14.0 Å². The molecule has 0 saturated heterocycles. The van der Waals surface area contributed by atoms with E-state index >= 15 is 0 Å². The van der Waals surface area contributed by atoms with Gasteiger partial charge in [-0.25, -0.2) is 4.39 Å². The van der Waals surface area contributed by atoms with Crippen LogP contribution in [0, 0.1) is 0 Å². The predicted molar refractivity (Wildman–Crippen MR) is 103 cm³/mol. The minimum Gasteiger partial charge on any atom is -0.323 e. The molecule has 0 saturated carbocycles. The average molecular weight is 363 g/mol. The monoisotopic (exact) mass is 363 g/mol. The number of nitrogens with one attached hydrogen (secondary N) is 1. The van der Waals surface area contributed by atoms with E-state index in [-0.39, 0.29) is 5.91 Å². The summed E-state index contributed by atoms with van der Waals surface area (Å²) in [5.74, 6) is -0.893. The van der Waals surface area contributed by atoms with E-state index in [1.165, 1.54) is 13.8 Å². The third kappa shape index (κ3) is 3.14. The van der Waals surface area contributed by atoms with Crippen molar-refractivity contribution in [1.82, 2.24) is 4.98 Å². The molecular weight excluding hydrogens is 345 g/mol. The van der Waals surface area contributed by atoms with E-state index in [9.17, 15) is 14.0 Å². The van der Waals surface area contributed by atoms with Crippen LogP contribution >= 0.6 is 0 Å². The van der Waals surface area contributed by atoms with Crippen LogP contribution in [0.4, 0.5) is 15.8 Å². The third-order valence-corrected chi connectivity index (χ3v) is 4.61. The largest absolute Gasteiger partial charge is 0.323 e. The Bertz CT molecular complexity index is 1070. The molecule has 1 N–H and O–H groups in total. The average Bonchev–Trinajstić information content (AvgIpc) is 2.97. The lowest BCUT2D eigenvalue weighted by atomic mass is 10.1. The van der Waals surface area contributed by atoms with Crippen molar-refractivity contribution in [3.05, 3.63) is 65.9 Å². The van der Waals surface area contributed by atoms with Crippen LogP contribution in [0.5, 0.6) is 0 Å². The summed E-state index contributed by atoms with van der Waals surface area (Å²) < 4.78 is 13.7. The first-order valence-electron chi connectivity index (χ1n) is 8.63. The smallest absolute Gasteiger partial charge is 0.261 e. The van der Waals surface area contributed by atoms with Crippen molar-refractivity contribution in [2.75, 3.05) is 10.2 Å². The van der Waals surface area contributed by atoms with E-state index in [0.29, 0.717) is 17.8 Å². The molecule has 0 fully saturated rings. The Kier molecular flexibility index (Phi) is 3.91. The summed E-state index contributed by atoms with van der Waals surface area (Å²) in [6.07, 6.45) is 1.73. The number of alkyl halides is 1. The number of carbonyl (C=O) groups excluding carboxylic acids is 2. The molecule has 5 nitrogen and oxygen atoms in total. The number of carbonyl (C=O) groups is 2. The van der Waals surface area contributed by atoms with E-state index in [2.05, 4.69) is 10.3 Å². The van der Waals surface area contributed by atoms with Crippen LogP contribution in [0.2, 0.25) is 0 Å². The number of rotatable bonds is 3. The molecular formula is C21H18FN3O2. The Morgan fingerprint density at radius 3 is 2.78 bits per heavy atom. The molecule has 2 heterocycles. The van der Waals surface area contributed by atoms with Crippen molar-refractivity contribution in [1.29, 1.82) is 0 Å². The van der Waals surface area contributed by atoms with Crippen molar-refractivity contribution in [2.24, 2.45) is 0 Å². The van der Waals surface area contributed by atoms with Crippen LogP contribution in [0.1, 0.15) is 29.8 Å². The number of halogens is 1. The first-order chi connectivity index (χ1) is 12.8. The van der Waals surface area contributed by atoms with E-state index in [0.717, 1.165) is 22.2 Å². The molecule has 136 valence electrons. The maximum absolute atomic E-state index is 13.7. The number of benzene rings is 2. The first kappa shape index (κ1) is 17.1. The van der Waals surface area contributed by atoms with E-state index < -0.39 is 11.6 Å². The van der Waals surface area contributed by atoms with Gasteiger partial charge < -0.3 is 10.2 Å². The Hall–Kier alpha value is -3.28. The molecule has 0 radical (unpaired) electrons. The SMILES string of the molecule is CC(C)(F)C(=O)Nc1ccc2c(c1)C(=O)N(c1ccc3ncccc3c1)C2. The summed E-state index contributed by atoms with van der Waals surface area (Å²) in [6, 6.07) is 14.6. The standard InChI is InChI=1S/C21H18FN3O2/c1-21(2,22)20(27)24-15-6-5-14-12-25(19(26)17(14)11-15)16-7-8-18-13(10-16)4-3-9-23-18/h3-11H,12H2,1-2H3,(H,24,27). The van der Waals surface area contributed by atoms with Crippen LogP contribution < -0.4 is 10.2 Å². The molecule has 0 atom stereocenters. The van der Waals surface area contributed by atoms with Crippen molar-refractivity contribution in [2.45, 2.75) is 26.1 Å². The van der Waals surface area contributed by atoms with E-state index in [4.69, 9.17) is 0 Å². The Balaban J connectivity index is 1.62. The van der Waals surface area contributed by atoms with Crippen LogP contribution in [0.15, 0.2) is 54.7 Å². The minimum absolute atomic E-state index is 0.149. The van der Waals surface area contributed by atoms with Gasteiger partial charge in [-0.2, -0.15) is 0 Å². The minimum atomic E-state index is -1.99. The van der Waals surface area contributed by atoms with Gasteiger partial charge in [-0.1, -0.05) is 12.1 Å². The highest BCUT2D eigenvalue weighted by atomic mass is 19.1. The molecule has 6 heteroatoms. The maximum atomic E-state index is 13.7. The number of hydrogen-bond donors (Lipinski definition) is 1. The van der Waals surface area contributed by atoms with Gasteiger partial charge in [-0.3, -0.25) is 14.6 Å². The number of fused-ring (bicyclic) bond motifs is 2. The van der Waals surface area contributed by atoms with E-state index in [1.807, 2.05) is 30.3 Å². The second-order valence-electron chi connectivity index (χ2n) is 7.07. The Labute approximate surface area is 155 Å². The summed E-state index contributed by atoms with van der Waals surface area (Å²) in [4.78, 5) is 30.7. The maximum Gasteiger partial charge on any atom is 0.261 e. The number of anilines is 2. The number of aromatic nitrogens is 1. The van der Waals surface area contributed by atoms with Gasteiger partial charge in [0.2, 0.25) is 0 Å². The van der Waals surface area contributed by atoms with Crippen LogP contribution in [0.25, 0.3) is 10.9 Å². The summed E-state index contributed by atoms with van der Waals surface area (Å²) >= 11 is 0. The van der Waals surface area contributed by atoms with Crippen molar-refractivity contribution >= 4 is 34.1 Å². The van der Waals surface area contributed by atoms with Crippen LogP contribution in [-0.4, -0.2) is 22.5 Å². The van der Waals surface area contributed by atoms with E-state index in [1.54, 1.807) is 29.3 Å². The number of nitrogens with zero attached hydrogens (tertiary/aromatic N) is 2. The fraction of sp³-hybridized carbons (Fsp3) is 0.190. The topological polar surface area (TPSA) is 62.3 Å². The zero-order chi connectivity index (χ0) is 19.2. The second kappa shape index (κ2) is 6.16. The molecule has 1 aliphatic rings. The number of hydrogen-bond acceptors (Lipinski definition) is 3. The number of pyridine rings is 1. The molecule has 0 bridgehead atoms. The van der Waals surface area contributed by atoms with Crippen molar-refractivity contribution in [3.8, 4) is 0 Å². The molecule has 27 heavy (non-hydrogen) atoms. The van der Waals surface area contributed by atoms with Gasteiger partial charge in [-0.05, 0) is 55.8 Å². The van der Waals surface area contributed by atoms with Crippen LogP contribution in [-0.2, 0) is 11.3 Å². The van der Waals surface area contributed by atoms with Gasteiger partial charge in [0.1, 0.15) is 0 Å². The summed E-state index contributed by atoms with van der Waals surface area (Å²) in [5.41, 5.74) is 1.44. The zero-order valence-corrected chi connectivity index (χ0v) is 15.0. The molecule has 4 rings (SSSR count). The van der Waals surface area contributed by atoms with Gasteiger partial charge in [-0.15, -0.1) is 0 Å². The zero-order valence-electron chi connectivity index (χ0n) is 15.0. The predicted octanol–water partition coefficient (Wildman–Crippen LogP) is 4.08. The fourth-order valence-corrected chi connectivity index (χ4v) is 3.10. The fourth-order valence-electron chi connectivity index (χ4n) is 3.10. The normalized spacial score (nSPS) is 13.7. The quantitative estimate of drug-likeness (QED) is 0.763. The van der Waals surface area contributed by atoms with Gasteiger partial charge in [0.15, 0.2) is 5.67 Å². The highest BCUT2D eigenvalue weighted by molar-refractivity contribution is 6.11. The van der Waals surface area contributed by atoms with Gasteiger partial charge in [0.05, 0.1) is 12.1 Å². The van der Waals surface area contributed by atoms with Gasteiger partial charge in [0, 0.05) is 28.5 Å². The molecule has 2 amide bonds. The first-order valence-corrected chi connectivity index (χ1v) is 8.63. The summed E-state index contributed by atoms with van der Waals surface area (Å²) in [5, 5.41) is 3.47. The highest BCUT2D eigenvalue weighted by Gasteiger charge is 2.30. The molecule has 0 spiro atoms. The second-order valence-corrected chi connectivity index (χ2v) is 7.07. The molecule has 2 aromatic carbocycles. The molecule has 0 aliphatic carbocycles. The third-order valence-electron chi connectivity index (χ3n) is 4.61. The van der Waals surface area contributed by atoms with Gasteiger partial charge in [0.25, 0.3) is 11.8 Å². The Morgan fingerprint density at radius 2 is 2.00 bits per heavy atom. The Morgan fingerprint density at radius 1 is 1.19 bits per heavy atom. The lowest BCUT2D eigenvalue weighted by Gasteiger charge is -2.16. The van der Waals surface area contributed by atoms with Crippen LogP contribution in [0.3, 0.4) is 0 Å². The number of amides is 2. The van der Waals surface area contributed by atoms with Gasteiger partial charge >= 0.3 is 0 Å². The molecule has 1 aliphatic heterocycles. The molecule has 3 aromatic rings.